The number of aromatic nitrogens is 1. The molecule has 1 aliphatic carbocycles. The molecule has 0 atom stereocenters. The second-order valence-corrected chi connectivity index (χ2v) is 9.22. The Balaban J connectivity index is 1.29. The number of carbonyl (C=O) groups excluding carboxylic acids is 1. The molecule has 0 radical (unpaired) electrons. The summed E-state index contributed by atoms with van der Waals surface area (Å²) in [4.78, 5) is 16.2. The van der Waals surface area contributed by atoms with E-state index in [0.717, 1.165) is 42.7 Å². The summed E-state index contributed by atoms with van der Waals surface area (Å²) in [7, 11) is 1.35. The van der Waals surface area contributed by atoms with Crippen LogP contribution in [0.25, 0.3) is 33.6 Å². The number of methoxy groups -OCH3 is 1. The number of furan rings is 1. The molecule has 174 valence electrons. The lowest BCUT2D eigenvalue weighted by molar-refractivity contribution is -0.191. The fourth-order valence-corrected chi connectivity index (χ4v) is 4.88. The summed E-state index contributed by atoms with van der Waals surface area (Å²) in [5.74, 6) is 0.850. The van der Waals surface area contributed by atoms with Gasteiger partial charge in [0.05, 0.1) is 31.5 Å². The Labute approximate surface area is 201 Å². The molecule has 0 bridgehead atoms. The number of nitrogens with zero attached hydrogens (tertiary/aromatic N) is 2. The van der Waals surface area contributed by atoms with E-state index >= 15 is 0 Å². The zero-order chi connectivity index (χ0) is 24.0. The second-order valence-electron chi connectivity index (χ2n) is 9.22. The Hall–Kier alpha value is -4.15. The molecule has 0 amide bonds. The number of nitriles is 1. The maximum Gasteiger partial charge on any atom is 0.337 e. The van der Waals surface area contributed by atoms with Crippen LogP contribution in [0.15, 0.2) is 65.2 Å². The van der Waals surface area contributed by atoms with E-state index in [-0.39, 0.29) is 12.1 Å². The van der Waals surface area contributed by atoms with Crippen molar-refractivity contribution in [1.29, 1.82) is 5.26 Å². The van der Waals surface area contributed by atoms with Crippen LogP contribution in [0.4, 0.5) is 0 Å². The minimum absolute atomic E-state index is 0.127. The first-order valence-electron chi connectivity index (χ1n) is 11.4. The molecule has 4 aromatic rings. The smallest absolute Gasteiger partial charge is 0.337 e. The summed E-state index contributed by atoms with van der Waals surface area (Å²) in [6, 6.07) is 18.7. The molecule has 1 saturated carbocycles. The number of carbonyl (C=O) groups is 1. The van der Waals surface area contributed by atoms with Gasteiger partial charge in [-0.05, 0) is 48.7 Å². The quantitative estimate of drug-likeness (QED) is 0.365. The molecule has 2 aromatic carbocycles. The lowest BCUT2D eigenvalue weighted by Crippen LogP contribution is -2.56. The van der Waals surface area contributed by atoms with Crippen molar-refractivity contribution in [3.05, 3.63) is 71.9 Å². The number of fused-ring (bicyclic) bond motifs is 1. The van der Waals surface area contributed by atoms with Crippen molar-refractivity contribution in [2.24, 2.45) is 5.41 Å². The zero-order valence-corrected chi connectivity index (χ0v) is 19.1. The maximum atomic E-state index is 11.7. The van der Waals surface area contributed by atoms with Crippen molar-refractivity contribution in [3.8, 4) is 34.3 Å². The van der Waals surface area contributed by atoms with Crippen LogP contribution in [-0.2, 0) is 9.47 Å². The highest BCUT2D eigenvalue weighted by atomic mass is 16.5. The number of esters is 1. The fraction of sp³-hybridized carbons (Fsp3) is 0.250. The van der Waals surface area contributed by atoms with E-state index in [1.165, 1.54) is 7.11 Å². The molecule has 6 rings (SSSR count). The molecule has 1 saturated heterocycles. The highest BCUT2D eigenvalue weighted by molar-refractivity contribution is 5.93. The number of rotatable bonds is 5. The topological polar surface area (TPSA) is 94.6 Å². The average Bonchev–Trinajstić information content (AvgIpc) is 3.29. The highest BCUT2D eigenvalue weighted by Gasteiger charge is 2.51. The van der Waals surface area contributed by atoms with Crippen LogP contribution in [0.1, 0.15) is 28.8 Å². The molecule has 0 N–H and O–H groups in total. The van der Waals surface area contributed by atoms with E-state index in [1.807, 2.05) is 42.5 Å². The van der Waals surface area contributed by atoms with E-state index in [2.05, 4.69) is 11.1 Å². The summed E-state index contributed by atoms with van der Waals surface area (Å²) in [5.41, 5.74) is 5.10. The van der Waals surface area contributed by atoms with Crippen molar-refractivity contribution in [3.63, 3.8) is 0 Å². The first-order chi connectivity index (χ1) is 17.1. The van der Waals surface area contributed by atoms with Crippen LogP contribution in [0, 0.1) is 16.7 Å². The summed E-state index contributed by atoms with van der Waals surface area (Å²) in [5, 5.41) is 9.78. The van der Waals surface area contributed by atoms with Gasteiger partial charge in [-0.1, -0.05) is 18.2 Å². The van der Waals surface area contributed by atoms with Crippen LogP contribution in [0.3, 0.4) is 0 Å². The van der Waals surface area contributed by atoms with Crippen molar-refractivity contribution in [2.75, 3.05) is 20.3 Å². The van der Waals surface area contributed by atoms with Crippen molar-refractivity contribution < 1.29 is 23.4 Å². The van der Waals surface area contributed by atoms with Gasteiger partial charge in [0, 0.05) is 28.8 Å². The van der Waals surface area contributed by atoms with Gasteiger partial charge < -0.3 is 18.6 Å². The van der Waals surface area contributed by atoms with Gasteiger partial charge in [-0.15, -0.1) is 0 Å². The molecule has 7 heteroatoms. The van der Waals surface area contributed by atoms with Gasteiger partial charge in [0.15, 0.2) is 5.58 Å². The summed E-state index contributed by atoms with van der Waals surface area (Å²) < 4.78 is 22.4. The Bertz CT molecular complexity index is 1470. The van der Waals surface area contributed by atoms with Crippen LogP contribution in [0.5, 0.6) is 5.75 Å². The van der Waals surface area contributed by atoms with Crippen LogP contribution < -0.4 is 4.74 Å². The van der Waals surface area contributed by atoms with E-state index in [4.69, 9.17) is 18.6 Å². The molecule has 2 aliphatic rings. The predicted octanol–water partition coefficient (Wildman–Crippen LogP) is 5.38. The Morgan fingerprint density at radius 3 is 2.54 bits per heavy atom. The summed E-state index contributed by atoms with van der Waals surface area (Å²) >= 11 is 0. The molecular weight excluding hydrogens is 444 g/mol. The summed E-state index contributed by atoms with van der Waals surface area (Å²) in [6.07, 6.45) is 3.80. The van der Waals surface area contributed by atoms with E-state index in [1.54, 1.807) is 18.3 Å². The van der Waals surface area contributed by atoms with Gasteiger partial charge in [0.25, 0.3) is 0 Å². The molecule has 1 spiro atoms. The molecule has 2 fully saturated rings. The van der Waals surface area contributed by atoms with Crippen LogP contribution in [0.2, 0.25) is 0 Å². The van der Waals surface area contributed by atoms with Gasteiger partial charge in [-0.25, -0.2) is 4.79 Å². The largest absolute Gasteiger partial charge is 0.489 e. The van der Waals surface area contributed by atoms with Crippen LogP contribution >= 0.6 is 0 Å². The van der Waals surface area contributed by atoms with Gasteiger partial charge in [-0.2, -0.15) is 5.26 Å². The fourth-order valence-electron chi connectivity index (χ4n) is 4.88. The standard InChI is InChI=1S/C28H22N2O5/c1-32-27(31)18-4-2-17(3-5-18)25-11-23-26(35-25)22(8-9-30-23)19-6-7-24(20(10-19)14-29)34-21-12-28(13-21)15-33-16-28/h2-11,21H,12-13,15-16H2,1H3. The van der Waals surface area contributed by atoms with E-state index in [9.17, 15) is 10.1 Å². The minimum Gasteiger partial charge on any atom is -0.489 e. The first kappa shape index (κ1) is 21.4. The lowest BCUT2D eigenvalue weighted by atomic mass is 9.65. The molecule has 0 unspecified atom stereocenters. The Morgan fingerprint density at radius 1 is 1.09 bits per heavy atom. The minimum atomic E-state index is -0.389. The first-order valence-corrected chi connectivity index (χ1v) is 11.4. The number of hydrogen-bond donors (Lipinski definition) is 0. The Kier molecular flexibility index (Phi) is 5.05. The third-order valence-corrected chi connectivity index (χ3v) is 6.84. The molecule has 1 aliphatic heterocycles. The zero-order valence-electron chi connectivity index (χ0n) is 19.1. The second kappa shape index (κ2) is 8.26. The molecule has 35 heavy (non-hydrogen) atoms. The molecule has 3 heterocycles. The number of benzene rings is 2. The highest BCUT2D eigenvalue weighted by Crippen LogP contribution is 2.48. The third-order valence-electron chi connectivity index (χ3n) is 6.84. The normalized spacial score (nSPS) is 16.3. The number of pyridine rings is 1. The van der Waals surface area contributed by atoms with Gasteiger partial charge >= 0.3 is 5.97 Å². The molecular formula is C28H22N2O5. The number of hydrogen-bond acceptors (Lipinski definition) is 7. The molecule has 7 nitrogen and oxygen atoms in total. The van der Waals surface area contributed by atoms with Crippen molar-refractivity contribution >= 4 is 17.1 Å². The van der Waals surface area contributed by atoms with Gasteiger partial charge in [-0.3, -0.25) is 4.98 Å². The maximum absolute atomic E-state index is 11.7. The van der Waals surface area contributed by atoms with Crippen LogP contribution in [-0.4, -0.2) is 37.4 Å². The number of ether oxygens (including phenoxy) is 3. The SMILES string of the molecule is COC(=O)c1ccc(-c2cc3nccc(-c4ccc(OC5CC6(COC6)C5)c(C#N)c4)c3o2)cc1. The van der Waals surface area contributed by atoms with Gasteiger partial charge in [0.2, 0.25) is 0 Å². The van der Waals surface area contributed by atoms with Crippen molar-refractivity contribution in [1.82, 2.24) is 4.98 Å². The average molecular weight is 466 g/mol. The summed E-state index contributed by atoms with van der Waals surface area (Å²) in [6.45, 7) is 1.63. The van der Waals surface area contributed by atoms with Gasteiger partial charge in [0.1, 0.15) is 29.2 Å². The lowest BCUT2D eigenvalue weighted by Gasteiger charge is -2.52. The van der Waals surface area contributed by atoms with Crippen molar-refractivity contribution in [2.45, 2.75) is 18.9 Å². The van der Waals surface area contributed by atoms with E-state index in [0.29, 0.717) is 39.2 Å². The third kappa shape index (κ3) is 3.72. The van der Waals surface area contributed by atoms with E-state index < -0.39 is 0 Å². The monoisotopic (exact) mass is 466 g/mol. The Morgan fingerprint density at radius 2 is 1.86 bits per heavy atom. The predicted molar refractivity (Wildman–Crippen MR) is 128 cm³/mol. The molecule has 2 aromatic heterocycles.